The van der Waals surface area contributed by atoms with Crippen LogP contribution in [0.4, 0.5) is 11.4 Å². The molecule has 0 atom stereocenters. The average molecular weight is 340 g/mol. The maximum Gasteiger partial charge on any atom is 0.162 e. The summed E-state index contributed by atoms with van der Waals surface area (Å²) < 4.78 is 0. The molecule has 1 aliphatic heterocycles. The summed E-state index contributed by atoms with van der Waals surface area (Å²) in [5.41, 5.74) is 3.21. The first-order valence-corrected chi connectivity index (χ1v) is 9.28. The summed E-state index contributed by atoms with van der Waals surface area (Å²) in [6.45, 7) is 3.92. The van der Waals surface area contributed by atoms with Crippen LogP contribution in [-0.2, 0) is 0 Å². The number of ketones is 1. The average Bonchev–Trinajstić information content (AvgIpc) is 2.58. The molecule has 0 fully saturated rings. The van der Waals surface area contributed by atoms with E-state index in [1.54, 1.807) is 11.8 Å². The molecule has 0 aromatic heterocycles. The van der Waals surface area contributed by atoms with Gasteiger partial charge in [0.2, 0.25) is 0 Å². The van der Waals surface area contributed by atoms with Crippen LogP contribution in [0.3, 0.4) is 0 Å². The summed E-state index contributed by atoms with van der Waals surface area (Å²) in [5, 5.41) is 0. The number of hydrogen-bond donors (Lipinski definition) is 0. The molecule has 0 unspecified atom stereocenters. The zero-order chi connectivity index (χ0) is 17.1. The van der Waals surface area contributed by atoms with Crippen LogP contribution in [0.15, 0.2) is 52.3 Å². The maximum atomic E-state index is 12.3. The van der Waals surface area contributed by atoms with Crippen molar-refractivity contribution in [1.82, 2.24) is 4.90 Å². The third-order valence-corrected chi connectivity index (χ3v) is 5.33. The van der Waals surface area contributed by atoms with Crippen LogP contribution in [0.2, 0.25) is 0 Å². The highest BCUT2D eigenvalue weighted by Gasteiger charge is 2.24. The molecule has 1 heterocycles. The third-order valence-electron chi connectivity index (χ3n) is 4.20. The van der Waals surface area contributed by atoms with E-state index >= 15 is 0 Å². The molecule has 0 spiro atoms. The molecule has 0 N–H and O–H groups in total. The number of Topliss-reactive ketones (excluding diaryl/α,β-unsaturated/α-hetero) is 1. The van der Waals surface area contributed by atoms with Crippen molar-refractivity contribution < 1.29 is 4.79 Å². The smallest absolute Gasteiger partial charge is 0.162 e. The van der Waals surface area contributed by atoms with E-state index in [0.29, 0.717) is 6.42 Å². The molecule has 0 radical (unpaired) electrons. The van der Waals surface area contributed by atoms with Gasteiger partial charge in [-0.1, -0.05) is 36.9 Å². The van der Waals surface area contributed by atoms with Gasteiger partial charge in [0.15, 0.2) is 5.78 Å². The van der Waals surface area contributed by atoms with Crippen molar-refractivity contribution in [3.05, 3.63) is 48.0 Å². The molecular formula is C20H24N2OS. The number of nitrogens with zero attached hydrogens (tertiary/aromatic N) is 2. The van der Waals surface area contributed by atoms with E-state index in [4.69, 9.17) is 0 Å². The van der Waals surface area contributed by atoms with Gasteiger partial charge in [-0.2, -0.15) is 0 Å². The van der Waals surface area contributed by atoms with E-state index in [-0.39, 0.29) is 5.78 Å². The molecule has 0 saturated carbocycles. The Kier molecular flexibility index (Phi) is 5.27. The fourth-order valence-corrected chi connectivity index (χ4v) is 3.99. The number of para-hydroxylation sites is 1. The Labute approximate surface area is 148 Å². The van der Waals surface area contributed by atoms with Crippen molar-refractivity contribution in [2.75, 3.05) is 32.1 Å². The van der Waals surface area contributed by atoms with E-state index < -0.39 is 0 Å². The molecule has 4 heteroatoms. The number of anilines is 2. The van der Waals surface area contributed by atoms with E-state index in [9.17, 15) is 4.79 Å². The van der Waals surface area contributed by atoms with Gasteiger partial charge in [-0.15, -0.1) is 0 Å². The standard InChI is InChI=1S/C20H24N2OS/c1-4-7-18(23)15-10-11-20-17(14-15)22(13-12-21(2)3)16-8-5-6-9-19(16)24-20/h5-6,8-11,14H,4,7,12-13H2,1-3H3. The Bertz CT molecular complexity index is 742. The third kappa shape index (κ3) is 3.50. The summed E-state index contributed by atoms with van der Waals surface area (Å²) >= 11 is 1.79. The first-order chi connectivity index (χ1) is 11.6. The Morgan fingerprint density at radius 2 is 1.83 bits per heavy atom. The van der Waals surface area contributed by atoms with Gasteiger partial charge in [0.25, 0.3) is 0 Å². The van der Waals surface area contributed by atoms with Crippen LogP contribution < -0.4 is 4.90 Å². The highest BCUT2D eigenvalue weighted by atomic mass is 32.2. The number of rotatable bonds is 6. The van der Waals surface area contributed by atoms with Gasteiger partial charge in [0, 0.05) is 34.9 Å². The van der Waals surface area contributed by atoms with Gasteiger partial charge in [-0.3, -0.25) is 4.79 Å². The van der Waals surface area contributed by atoms with Crippen LogP contribution in [0, 0.1) is 0 Å². The Morgan fingerprint density at radius 3 is 2.58 bits per heavy atom. The number of likely N-dealkylation sites (N-methyl/N-ethyl adjacent to an activating group) is 1. The predicted molar refractivity (Wildman–Crippen MR) is 102 cm³/mol. The second-order valence-electron chi connectivity index (χ2n) is 6.38. The fraction of sp³-hybridized carbons (Fsp3) is 0.350. The molecule has 2 aromatic carbocycles. The van der Waals surface area contributed by atoms with Crippen LogP contribution in [0.25, 0.3) is 0 Å². The normalized spacial score (nSPS) is 12.9. The lowest BCUT2D eigenvalue weighted by Gasteiger charge is -2.33. The maximum absolute atomic E-state index is 12.3. The number of hydrogen-bond acceptors (Lipinski definition) is 4. The highest BCUT2D eigenvalue weighted by molar-refractivity contribution is 7.99. The lowest BCUT2D eigenvalue weighted by atomic mass is 10.1. The van der Waals surface area contributed by atoms with Gasteiger partial charge >= 0.3 is 0 Å². The number of carbonyl (C=O) groups excluding carboxylic acids is 1. The molecule has 3 nitrogen and oxygen atoms in total. The quantitative estimate of drug-likeness (QED) is 0.703. The number of benzene rings is 2. The molecule has 2 aromatic rings. The summed E-state index contributed by atoms with van der Waals surface area (Å²) in [6.07, 6.45) is 1.50. The van der Waals surface area contributed by atoms with E-state index in [1.807, 2.05) is 13.0 Å². The van der Waals surface area contributed by atoms with Crippen LogP contribution in [0.5, 0.6) is 0 Å². The first-order valence-electron chi connectivity index (χ1n) is 8.46. The predicted octanol–water partition coefficient (Wildman–Crippen LogP) is 4.83. The minimum Gasteiger partial charge on any atom is -0.338 e. The lowest BCUT2D eigenvalue weighted by Crippen LogP contribution is -2.30. The van der Waals surface area contributed by atoms with Crippen LogP contribution in [-0.4, -0.2) is 37.9 Å². The van der Waals surface area contributed by atoms with E-state index in [2.05, 4.69) is 60.3 Å². The van der Waals surface area contributed by atoms with Gasteiger partial charge in [0.05, 0.1) is 11.4 Å². The van der Waals surface area contributed by atoms with Gasteiger partial charge in [-0.05, 0) is 44.8 Å². The summed E-state index contributed by atoms with van der Waals surface area (Å²) in [4.78, 5) is 19.4. The molecule has 1 aliphatic rings. The van der Waals surface area contributed by atoms with E-state index in [1.165, 1.54) is 15.5 Å². The monoisotopic (exact) mass is 340 g/mol. The lowest BCUT2D eigenvalue weighted by molar-refractivity contribution is 0.0981. The van der Waals surface area contributed by atoms with Crippen molar-refractivity contribution in [1.29, 1.82) is 0 Å². The molecule has 0 amide bonds. The largest absolute Gasteiger partial charge is 0.338 e. The fourth-order valence-electron chi connectivity index (χ4n) is 2.92. The highest BCUT2D eigenvalue weighted by Crippen LogP contribution is 2.48. The Morgan fingerprint density at radius 1 is 1.08 bits per heavy atom. The van der Waals surface area contributed by atoms with E-state index in [0.717, 1.165) is 30.8 Å². The van der Waals surface area contributed by atoms with Crippen LogP contribution >= 0.6 is 11.8 Å². The first kappa shape index (κ1) is 17.1. The zero-order valence-corrected chi connectivity index (χ0v) is 15.4. The van der Waals surface area contributed by atoms with Gasteiger partial charge < -0.3 is 9.80 Å². The summed E-state index contributed by atoms with van der Waals surface area (Å²) in [6, 6.07) is 14.7. The minimum absolute atomic E-state index is 0.233. The molecular weight excluding hydrogens is 316 g/mol. The molecule has 0 bridgehead atoms. The summed E-state index contributed by atoms with van der Waals surface area (Å²) in [7, 11) is 4.18. The van der Waals surface area contributed by atoms with Gasteiger partial charge in [0.1, 0.15) is 0 Å². The van der Waals surface area contributed by atoms with Gasteiger partial charge in [-0.25, -0.2) is 0 Å². The Balaban J connectivity index is 2.00. The summed E-state index contributed by atoms with van der Waals surface area (Å²) in [5.74, 6) is 0.233. The molecule has 0 aliphatic carbocycles. The molecule has 0 saturated heterocycles. The number of fused-ring (bicyclic) bond motifs is 2. The van der Waals surface area contributed by atoms with Crippen molar-refractivity contribution in [3.63, 3.8) is 0 Å². The zero-order valence-electron chi connectivity index (χ0n) is 14.6. The van der Waals surface area contributed by atoms with Crippen molar-refractivity contribution >= 4 is 28.9 Å². The second kappa shape index (κ2) is 7.41. The van der Waals surface area contributed by atoms with Crippen LogP contribution in [0.1, 0.15) is 30.1 Å². The topological polar surface area (TPSA) is 23.6 Å². The molecule has 3 rings (SSSR count). The molecule has 24 heavy (non-hydrogen) atoms. The Hall–Kier alpha value is -1.78. The second-order valence-corrected chi connectivity index (χ2v) is 7.46. The SMILES string of the molecule is CCCC(=O)c1ccc2c(c1)N(CCN(C)C)c1ccccc1S2. The van der Waals surface area contributed by atoms with Crippen molar-refractivity contribution in [2.24, 2.45) is 0 Å². The van der Waals surface area contributed by atoms with Crippen molar-refractivity contribution in [2.45, 2.75) is 29.6 Å². The number of carbonyl (C=O) groups is 1. The van der Waals surface area contributed by atoms with Crippen molar-refractivity contribution in [3.8, 4) is 0 Å². The minimum atomic E-state index is 0.233. The molecule has 126 valence electrons.